The Morgan fingerprint density at radius 1 is 1.40 bits per heavy atom. The quantitative estimate of drug-likeness (QED) is 0.557. The molecule has 0 saturated heterocycles. The topological polar surface area (TPSA) is 26.3 Å². The Balaban J connectivity index is 2.89. The van der Waals surface area contributed by atoms with Crippen molar-refractivity contribution < 1.29 is 9.53 Å². The minimum Gasteiger partial charge on any atom is -0.469 e. The number of hydrogen-bond acceptors (Lipinski definition) is 2. The van der Waals surface area contributed by atoms with Gasteiger partial charge in [0.2, 0.25) is 0 Å². The number of carbonyl (C=O) groups excluding carboxylic acids is 1. The molecular formula is C13H16O2. The summed E-state index contributed by atoms with van der Waals surface area (Å²) in [5, 5.41) is 0. The highest BCUT2D eigenvalue weighted by atomic mass is 16.5. The number of rotatable bonds is 4. The molecule has 0 aliphatic heterocycles. The molecule has 0 N–H and O–H groups in total. The third-order valence-electron chi connectivity index (χ3n) is 2.55. The van der Waals surface area contributed by atoms with E-state index in [4.69, 9.17) is 4.74 Å². The molecule has 2 heteroatoms. The third kappa shape index (κ3) is 2.69. The number of carbonyl (C=O) groups is 1. The first-order valence-corrected chi connectivity index (χ1v) is 4.96. The third-order valence-corrected chi connectivity index (χ3v) is 2.55. The molecule has 0 amide bonds. The molecular weight excluding hydrogens is 188 g/mol. The van der Waals surface area contributed by atoms with Crippen molar-refractivity contribution >= 4 is 5.97 Å². The molecule has 0 aliphatic carbocycles. The Hall–Kier alpha value is -1.57. The molecule has 0 spiro atoms. The number of benzene rings is 1. The maximum absolute atomic E-state index is 11.4. The van der Waals surface area contributed by atoms with Crippen molar-refractivity contribution in [2.24, 2.45) is 5.92 Å². The summed E-state index contributed by atoms with van der Waals surface area (Å²) < 4.78 is 4.73. The number of methoxy groups -OCH3 is 1. The van der Waals surface area contributed by atoms with Gasteiger partial charge in [-0.05, 0) is 5.56 Å². The molecule has 0 aromatic heterocycles. The van der Waals surface area contributed by atoms with Gasteiger partial charge >= 0.3 is 5.97 Å². The van der Waals surface area contributed by atoms with E-state index in [0.29, 0.717) is 0 Å². The molecule has 1 aromatic carbocycles. The first kappa shape index (κ1) is 11.5. The van der Waals surface area contributed by atoms with Gasteiger partial charge in [-0.15, -0.1) is 6.58 Å². The lowest BCUT2D eigenvalue weighted by molar-refractivity contribution is -0.145. The Labute approximate surface area is 90.6 Å². The lowest BCUT2D eigenvalue weighted by atomic mass is 9.87. The zero-order valence-electron chi connectivity index (χ0n) is 9.14. The number of ether oxygens (including phenoxy) is 1. The van der Waals surface area contributed by atoms with Gasteiger partial charge in [-0.2, -0.15) is 0 Å². The van der Waals surface area contributed by atoms with Gasteiger partial charge in [-0.3, -0.25) is 4.79 Å². The minimum atomic E-state index is -0.205. The van der Waals surface area contributed by atoms with Crippen LogP contribution in [-0.4, -0.2) is 13.1 Å². The highest BCUT2D eigenvalue weighted by molar-refractivity contribution is 5.73. The van der Waals surface area contributed by atoms with Crippen LogP contribution in [0.5, 0.6) is 0 Å². The van der Waals surface area contributed by atoms with Crippen molar-refractivity contribution in [3.63, 3.8) is 0 Å². The van der Waals surface area contributed by atoms with Crippen molar-refractivity contribution in [3.05, 3.63) is 48.6 Å². The van der Waals surface area contributed by atoms with Crippen LogP contribution in [0.1, 0.15) is 18.4 Å². The summed E-state index contributed by atoms with van der Waals surface area (Å²) in [7, 11) is 1.41. The van der Waals surface area contributed by atoms with Gasteiger partial charge in [0.15, 0.2) is 0 Å². The predicted molar refractivity (Wildman–Crippen MR) is 60.6 cm³/mol. The highest BCUT2D eigenvalue weighted by Gasteiger charge is 2.23. The maximum Gasteiger partial charge on any atom is 0.309 e. The van der Waals surface area contributed by atoms with Gasteiger partial charge < -0.3 is 4.74 Å². The van der Waals surface area contributed by atoms with Gasteiger partial charge in [0.1, 0.15) is 0 Å². The molecule has 0 saturated carbocycles. The van der Waals surface area contributed by atoms with E-state index in [-0.39, 0.29) is 17.8 Å². The number of allylic oxidation sites excluding steroid dienone is 1. The van der Waals surface area contributed by atoms with Crippen LogP contribution < -0.4 is 0 Å². The molecule has 0 radical (unpaired) electrons. The van der Waals surface area contributed by atoms with Crippen molar-refractivity contribution in [3.8, 4) is 0 Å². The monoisotopic (exact) mass is 204 g/mol. The van der Waals surface area contributed by atoms with E-state index in [1.54, 1.807) is 6.08 Å². The summed E-state index contributed by atoms with van der Waals surface area (Å²) in [6, 6.07) is 9.84. The zero-order valence-corrected chi connectivity index (χ0v) is 9.14. The number of esters is 1. The molecule has 1 aromatic rings. The number of hydrogen-bond donors (Lipinski definition) is 0. The van der Waals surface area contributed by atoms with Crippen LogP contribution in [0.15, 0.2) is 43.0 Å². The molecule has 1 rings (SSSR count). The lowest BCUT2D eigenvalue weighted by Gasteiger charge is -2.18. The average molecular weight is 204 g/mol. The van der Waals surface area contributed by atoms with Crippen molar-refractivity contribution in [2.45, 2.75) is 12.8 Å². The van der Waals surface area contributed by atoms with E-state index in [1.807, 2.05) is 37.3 Å². The average Bonchev–Trinajstić information content (AvgIpc) is 2.30. The Morgan fingerprint density at radius 2 is 2.00 bits per heavy atom. The van der Waals surface area contributed by atoms with Gasteiger partial charge in [0.25, 0.3) is 0 Å². The van der Waals surface area contributed by atoms with Gasteiger partial charge in [-0.1, -0.05) is 43.3 Å². The normalized spacial score (nSPS) is 14.0. The van der Waals surface area contributed by atoms with Gasteiger partial charge in [0, 0.05) is 5.92 Å². The standard InChI is InChI=1S/C13H16O2/c1-4-12(10(2)13(14)15-3)11-8-6-5-7-9-11/h4-10,12H,1H2,2-3H3/t10?,12-/m0/s1. The van der Waals surface area contributed by atoms with Gasteiger partial charge in [-0.25, -0.2) is 0 Å². The predicted octanol–water partition coefficient (Wildman–Crippen LogP) is 2.77. The van der Waals surface area contributed by atoms with E-state index in [1.165, 1.54) is 7.11 Å². The molecule has 1 unspecified atom stereocenters. The molecule has 0 heterocycles. The van der Waals surface area contributed by atoms with Crippen LogP contribution in [0, 0.1) is 5.92 Å². The SMILES string of the molecule is C=C[C@H](c1ccccc1)C(C)C(=O)OC. The van der Waals surface area contributed by atoms with Crippen molar-refractivity contribution in [1.82, 2.24) is 0 Å². The molecule has 15 heavy (non-hydrogen) atoms. The molecule has 0 bridgehead atoms. The highest BCUT2D eigenvalue weighted by Crippen LogP contribution is 2.26. The van der Waals surface area contributed by atoms with E-state index in [9.17, 15) is 4.79 Å². The zero-order chi connectivity index (χ0) is 11.3. The summed E-state index contributed by atoms with van der Waals surface area (Å²) in [5.74, 6) is -0.391. The van der Waals surface area contributed by atoms with E-state index in [2.05, 4.69) is 6.58 Å². The van der Waals surface area contributed by atoms with E-state index in [0.717, 1.165) is 5.56 Å². The Morgan fingerprint density at radius 3 is 2.47 bits per heavy atom. The van der Waals surface area contributed by atoms with E-state index < -0.39 is 0 Å². The molecule has 0 fully saturated rings. The van der Waals surface area contributed by atoms with Crippen LogP contribution >= 0.6 is 0 Å². The first-order chi connectivity index (χ1) is 7.20. The fourth-order valence-electron chi connectivity index (χ4n) is 1.64. The van der Waals surface area contributed by atoms with Crippen LogP contribution in [0.3, 0.4) is 0 Å². The Kier molecular flexibility index (Phi) is 4.10. The summed E-state index contributed by atoms with van der Waals surface area (Å²) in [6.45, 7) is 5.62. The van der Waals surface area contributed by atoms with Crippen LogP contribution in [-0.2, 0) is 9.53 Å². The largest absolute Gasteiger partial charge is 0.469 e. The summed E-state index contributed by atoms with van der Waals surface area (Å²) in [4.78, 5) is 11.4. The fraction of sp³-hybridized carbons (Fsp3) is 0.308. The summed E-state index contributed by atoms with van der Waals surface area (Å²) in [5.41, 5.74) is 1.09. The summed E-state index contributed by atoms with van der Waals surface area (Å²) in [6.07, 6.45) is 1.79. The molecule has 80 valence electrons. The lowest BCUT2D eigenvalue weighted by Crippen LogP contribution is -2.19. The smallest absolute Gasteiger partial charge is 0.309 e. The van der Waals surface area contributed by atoms with Crippen LogP contribution in [0.25, 0.3) is 0 Å². The first-order valence-electron chi connectivity index (χ1n) is 4.96. The minimum absolute atomic E-state index is 0.0126. The molecule has 2 atom stereocenters. The molecule has 2 nitrogen and oxygen atoms in total. The molecule has 0 aliphatic rings. The fourth-order valence-corrected chi connectivity index (χ4v) is 1.64. The van der Waals surface area contributed by atoms with Crippen molar-refractivity contribution in [1.29, 1.82) is 0 Å². The van der Waals surface area contributed by atoms with Crippen LogP contribution in [0.4, 0.5) is 0 Å². The second-order valence-electron chi connectivity index (χ2n) is 3.48. The van der Waals surface area contributed by atoms with E-state index >= 15 is 0 Å². The second kappa shape index (κ2) is 5.35. The van der Waals surface area contributed by atoms with Crippen molar-refractivity contribution in [2.75, 3.05) is 7.11 Å². The van der Waals surface area contributed by atoms with Gasteiger partial charge in [0.05, 0.1) is 13.0 Å². The second-order valence-corrected chi connectivity index (χ2v) is 3.48. The maximum atomic E-state index is 11.4. The Bertz CT molecular complexity index is 330. The van der Waals surface area contributed by atoms with Crippen LogP contribution in [0.2, 0.25) is 0 Å². The summed E-state index contributed by atoms with van der Waals surface area (Å²) >= 11 is 0.